The van der Waals surface area contributed by atoms with Crippen molar-refractivity contribution in [1.82, 2.24) is 9.97 Å². The van der Waals surface area contributed by atoms with Crippen LogP contribution in [-0.2, 0) is 11.0 Å². The first-order chi connectivity index (χ1) is 12.3. The Morgan fingerprint density at radius 3 is 2.48 bits per heavy atom. The second-order valence-electron chi connectivity index (χ2n) is 5.49. The number of anilines is 1. The molecule has 2 aromatic carbocycles. The summed E-state index contributed by atoms with van der Waals surface area (Å²) < 4.78 is 15.6. The topological polar surface area (TPSA) is 54.9 Å². The third-order valence-electron chi connectivity index (χ3n) is 3.91. The third-order valence-corrected chi connectivity index (χ3v) is 4.98. The number of pyridine rings is 2. The van der Waals surface area contributed by atoms with E-state index in [-0.39, 0.29) is 0 Å². The van der Waals surface area contributed by atoms with Crippen LogP contribution in [0.15, 0.2) is 90.2 Å². The Balaban J connectivity index is 1.78. The van der Waals surface area contributed by atoms with Gasteiger partial charge in [-0.25, -0.2) is 4.21 Å². The number of nitrogens with zero attached hydrogens (tertiary/aromatic N) is 2. The van der Waals surface area contributed by atoms with Gasteiger partial charge >= 0.3 is 0 Å². The molecule has 4 rings (SSSR count). The van der Waals surface area contributed by atoms with Crippen LogP contribution in [0.3, 0.4) is 0 Å². The van der Waals surface area contributed by atoms with Crippen LogP contribution in [0.1, 0.15) is 0 Å². The third kappa shape index (κ3) is 3.14. The number of rotatable bonds is 4. The highest BCUT2D eigenvalue weighted by molar-refractivity contribution is 7.86. The van der Waals surface area contributed by atoms with Gasteiger partial charge < -0.3 is 0 Å². The maximum atomic E-state index is 12.5. The van der Waals surface area contributed by atoms with Crippen molar-refractivity contribution >= 4 is 27.6 Å². The van der Waals surface area contributed by atoms with E-state index >= 15 is 0 Å². The lowest BCUT2D eigenvalue weighted by molar-refractivity contribution is 0.686. The summed E-state index contributed by atoms with van der Waals surface area (Å²) >= 11 is 0. The van der Waals surface area contributed by atoms with Crippen molar-refractivity contribution in [3.63, 3.8) is 0 Å². The Kier molecular flexibility index (Phi) is 4.23. The Labute approximate surface area is 148 Å². The molecule has 2 aromatic heterocycles. The highest BCUT2D eigenvalue weighted by Crippen LogP contribution is 2.32. The smallest absolute Gasteiger partial charge is 0.151 e. The summed E-state index contributed by atoms with van der Waals surface area (Å²) in [5, 5.41) is 1.02. The molecule has 5 heteroatoms. The monoisotopic (exact) mass is 345 g/mol. The van der Waals surface area contributed by atoms with Gasteiger partial charge in [0.15, 0.2) is 11.0 Å². The second kappa shape index (κ2) is 6.83. The van der Waals surface area contributed by atoms with E-state index in [4.69, 9.17) is 0 Å². The summed E-state index contributed by atoms with van der Waals surface area (Å²) in [5.41, 5.74) is 3.75. The van der Waals surface area contributed by atoms with Crippen molar-refractivity contribution < 1.29 is 4.21 Å². The molecule has 1 N–H and O–H groups in total. The first kappa shape index (κ1) is 15.5. The fourth-order valence-corrected chi connectivity index (χ4v) is 3.58. The maximum absolute atomic E-state index is 12.5. The number of benzene rings is 2. The van der Waals surface area contributed by atoms with E-state index in [1.54, 1.807) is 30.7 Å². The molecule has 0 amide bonds. The zero-order chi connectivity index (χ0) is 17.1. The summed E-state index contributed by atoms with van der Waals surface area (Å²) in [4.78, 5) is 9.14. The van der Waals surface area contributed by atoms with Gasteiger partial charge in [0.1, 0.15) is 0 Å². The summed E-state index contributed by atoms with van der Waals surface area (Å²) in [5.74, 6) is 0. The normalized spacial score (nSPS) is 12.0. The first-order valence-electron chi connectivity index (χ1n) is 7.84. The minimum absolute atomic E-state index is 0.624. The quantitative estimate of drug-likeness (QED) is 0.595. The fourth-order valence-electron chi connectivity index (χ4n) is 2.74. The number of hydrogen-bond donors (Lipinski definition) is 1. The Bertz CT molecular complexity index is 1040. The molecule has 4 aromatic rings. The molecule has 1 unspecified atom stereocenters. The van der Waals surface area contributed by atoms with Gasteiger partial charge in [0.2, 0.25) is 0 Å². The van der Waals surface area contributed by atoms with Crippen molar-refractivity contribution in [2.75, 3.05) is 4.72 Å². The first-order valence-corrected chi connectivity index (χ1v) is 8.99. The van der Waals surface area contributed by atoms with Crippen molar-refractivity contribution in [2.45, 2.75) is 4.90 Å². The highest BCUT2D eigenvalue weighted by Gasteiger charge is 2.11. The molecule has 0 aliphatic rings. The van der Waals surface area contributed by atoms with Gasteiger partial charge in [0.25, 0.3) is 0 Å². The van der Waals surface area contributed by atoms with E-state index in [9.17, 15) is 4.21 Å². The lowest BCUT2D eigenvalue weighted by Crippen LogP contribution is -2.06. The van der Waals surface area contributed by atoms with E-state index in [0.717, 1.165) is 27.7 Å². The largest absolute Gasteiger partial charge is 0.299 e. The number of fused-ring (bicyclic) bond motifs is 1. The highest BCUT2D eigenvalue weighted by atomic mass is 32.2. The summed E-state index contributed by atoms with van der Waals surface area (Å²) in [6, 6.07) is 21.6. The SMILES string of the molecule is O=S(Nc1ccc(-c2ccccc2)c2cccnc12)c1cccnc1. The molecule has 0 fully saturated rings. The zero-order valence-electron chi connectivity index (χ0n) is 13.3. The minimum Gasteiger partial charge on any atom is -0.299 e. The number of nitrogens with one attached hydrogen (secondary N) is 1. The Hall–Kier alpha value is -3.05. The van der Waals surface area contributed by atoms with Crippen molar-refractivity contribution in [2.24, 2.45) is 0 Å². The predicted octanol–water partition coefficient (Wildman–Crippen LogP) is 4.43. The lowest BCUT2D eigenvalue weighted by atomic mass is 10.00. The molecule has 0 saturated heterocycles. The van der Waals surface area contributed by atoms with Gasteiger partial charge in [-0.3, -0.25) is 14.7 Å². The average Bonchev–Trinajstić information content (AvgIpc) is 2.69. The summed E-state index contributed by atoms with van der Waals surface area (Å²) in [6.45, 7) is 0. The molecule has 0 bridgehead atoms. The van der Waals surface area contributed by atoms with E-state index in [1.165, 1.54) is 0 Å². The molecule has 4 nitrogen and oxygen atoms in total. The Morgan fingerprint density at radius 1 is 0.840 bits per heavy atom. The number of hydrogen-bond acceptors (Lipinski definition) is 3. The van der Waals surface area contributed by atoms with Gasteiger partial charge in [0, 0.05) is 24.0 Å². The summed E-state index contributed by atoms with van der Waals surface area (Å²) in [7, 11) is -1.39. The minimum atomic E-state index is -1.39. The van der Waals surface area contributed by atoms with Crippen LogP contribution in [0.4, 0.5) is 5.69 Å². The molecule has 0 aliphatic carbocycles. The van der Waals surface area contributed by atoms with Crippen LogP contribution in [0.5, 0.6) is 0 Å². The molecule has 2 heterocycles. The maximum Gasteiger partial charge on any atom is 0.151 e. The predicted molar refractivity (Wildman–Crippen MR) is 101 cm³/mol. The molecular weight excluding hydrogens is 330 g/mol. The van der Waals surface area contributed by atoms with Crippen LogP contribution < -0.4 is 4.72 Å². The Morgan fingerprint density at radius 2 is 1.68 bits per heavy atom. The molecular formula is C20H15N3OS. The molecule has 0 radical (unpaired) electrons. The van der Waals surface area contributed by atoms with E-state index in [2.05, 4.69) is 26.8 Å². The van der Waals surface area contributed by atoms with Crippen molar-refractivity contribution in [3.8, 4) is 11.1 Å². The van der Waals surface area contributed by atoms with Crippen molar-refractivity contribution in [3.05, 3.63) is 85.3 Å². The van der Waals surface area contributed by atoms with Gasteiger partial charge in [-0.15, -0.1) is 0 Å². The van der Waals surface area contributed by atoms with Gasteiger partial charge in [-0.2, -0.15) is 0 Å². The van der Waals surface area contributed by atoms with E-state index in [0.29, 0.717) is 4.90 Å². The van der Waals surface area contributed by atoms with Crippen LogP contribution >= 0.6 is 0 Å². The van der Waals surface area contributed by atoms with Crippen LogP contribution in [0.2, 0.25) is 0 Å². The lowest BCUT2D eigenvalue weighted by Gasteiger charge is -2.12. The average molecular weight is 345 g/mol. The fraction of sp³-hybridized carbons (Fsp3) is 0. The van der Waals surface area contributed by atoms with Crippen LogP contribution in [0, 0.1) is 0 Å². The molecule has 122 valence electrons. The molecule has 0 saturated carbocycles. The van der Waals surface area contributed by atoms with E-state index < -0.39 is 11.0 Å². The standard InChI is InChI=1S/C20H15N3OS/c24-25(16-8-4-12-21-14-16)23-19-11-10-17(15-6-2-1-3-7-15)18-9-5-13-22-20(18)19/h1-14,23H. The summed E-state index contributed by atoms with van der Waals surface area (Å²) in [6.07, 6.45) is 5.00. The van der Waals surface area contributed by atoms with Gasteiger partial charge in [-0.1, -0.05) is 42.5 Å². The number of aromatic nitrogens is 2. The molecule has 0 aliphatic heterocycles. The van der Waals surface area contributed by atoms with Crippen LogP contribution in [-0.4, -0.2) is 14.2 Å². The molecule has 1 atom stereocenters. The van der Waals surface area contributed by atoms with E-state index in [1.807, 2.05) is 42.5 Å². The molecule has 0 spiro atoms. The van der Waals surface area contributed by atoms with Gasteiger partial charge in [-0.05, 0) is 35.4 Å². The second-order valence-corrected chi connectivity index (χ2v) is 6.70. The van der Waals surface area contributed by atoms with Crippen LogP contribution in [0.25, 0.3) is 22.0 Å². The zero-order valence-corrected chi connectivity index (χ0v) is 14.1. The van der Waals surface area contributed by atoms with Gasteiger partial charge in [0.05, 0.1) is 16.1 Å². The molecule has 25 heavy (non-hydrogen) atoms. The van der Waals surface area contributed by atoms with Crippen molar-refractivity contribution in [1.29, 1.82) is 0 Å².